The van der Waals surface area contributed by atoms with Gasteiger partial charge in [0.15, 0.2) is 23.1 Å². The monoisotopic (exact) mass is 1350 g/mol. The van der Waals surface area contributed by atoms with E-state index in [4.69, 9.17) is 26.2 Å². The van der Waals surface area contributed by atoms with Crippen LogP contribution in [-0.4, -0.2) is 118 Å². The van der Waals surface area contributed by atoms with Crippen LogP contribution in [0.1, 0.15) is 103 Å². The molecule has 18 nitrogen and oxygen atoms in total. The van der Waals surface area contributed by atoms with Gasteiger partial charge in [-0.2, -0.15) is 5.21 Å². The van der Waals surface area contributed by atoms with Gasteiger partial charge in [0.2, 0.25) is 0 Å². The zero-order chi connectivity index (χ0) is 68.6. The number of carbonyl (C=O) groups is 5. The summed E-state index contributed by atoms with van der Waals surface area (Å²) in [7, 11) is 3.37. The number of nitrogens with one attached hydrogen (secondary N) is 2. The van der Waals surface area contributed by atoms with Gasteiger partial charge in [-0.15, -0.1) is 10.2 Å². The maximum Gasteiger partial charge on any atom is 1.00 e. The number of halogens is 2. The summed E-state index contributed by atoms with van der Waals surface area (Å²) in [5.74, 6) is -0.870. The van der Waals surface area contributed by atoms with Crippen molar-refractivity contribution in [2.24, 2.45) is 22.7 Å². The number of benzene rings is 7. The molecular weight excluding hydrogens is 1280 g/mol. The number of anilines is 1. The number of tetrazole rings is 1. The van der Waals surface area contributed by atoms with Crippen LogP contribution in [0.25, 0.3) is 44.2 Å². The van der Waals surface area contributed by atoms with Gasteiger partial charge in [-0.05, 0) is 183 Å². The van der Waals surface area contributed by atoms with Crippen LogP contribution in [0.15, 0.2) is 200 Å². The van der Waals surface area contributed by atoms with Crippen molar-refractivity contribution >= 4 is 68.4 Å². The summed E-state index contributed by atoms with van der Waals surface area (Å²) in [6, 6.07) is 54.0. The number of Topliss-reactive ketones (excluding diaryl/α,β-unsaturated/α-hetero) is 1. The van der Waals surface area contributed by atoms with Gasteiger partial charge in [0.1, 0.15) is 23.7 Å². The number of hydrogen-bond acceptors (Lipinski definition) is 13. The predicted molar refractivity (Wildman–Crippen MR) is 368 cm³/mol. The van der Waals surface area contributed by atoms with Gasteiger partial charge in [0.25, 0.3) is 11.8 Å². The molecule has 0 radical (unpaired) electrons. The molecule has 0 saturated heterocycles. The van der Waals surface area contributed by atoms with E-state index in [1.807, 2.05) is 79.0 Å². The molecule has 1 amide bonds. The molecule has 3 saturated carbocycles. The predicted octanol–water partition coefficient (Wildman–Crippen LogP) is 10.4. The minimum Gasteiger partial charge on any atom is -1.00 e. The third kappa shape index (κ3) is 12.9. The molecule has 5 aliphatic rings. The zero-order valence-electron chi connectivity index (χ0n) is 56.1. The molecule has 3 aromatic heterocycles. The topological polar surface area (TPSA) is 263 Å². The van der Waals surface area contributed by atoms with Crippen molar-refractivity contribution in [2.75, 3.05) is 25.7 Å². The number of alkyl halides is 1. The van der Waals surface area contributed by atoms with Crippen molar-refractivity contribution < 1.29 is 89.2 Å². The van der Waals surface area contributed by atoms with Crippen LogP contribution in [0.4, 0.5) is 10.1 Å². The number of aromatic amines is 2. The number of methoxy groups -OCH3 is 2. The van der Waals surface area contributed by atoms with Crippen molar-refractivity contribution in [3.63, 3.8) is 0 Å². The first-order chi connectivity index (χ1) is 46.6. The van der Waals surface area contributed by atoms with E-state index in [0.717, 1.165) is 72.7 Å². The van der Waals surface area contributed by atoms with E-state index in [2.05, 4.69) is 74.1 Å². The van der Waals surface area contributed by atoms with E-state index in [0.29, 0.717) is 54.2 Å². The van der Waals surface area contributed by atoms with E-state index < -0.39 is 58.4 Å². The number of nitrogens with zero attached hydrogens (tertiary/aromatic N) is 5. The minimum atomic E-state index is -1.97. The Labute approximate surface area is 593 Å². The summed E-state index contributed by atoms with van der Waals surface area (Å²) in [5.41, 5.74) is 6.30. The number of ketones is 2. The molecule has 10 aromatic rings. The van der Waals surface area contributed by atoms with Crippen LogP contribution in [0.3, 0.4) is 0 Å². The number of H-pyrrole nitrogens is 2. The van der Waals surface area contributed by atoms with Crippen molar-refractivity contribution in [1.82, 2.24) is 30.2 Å². The van der Waals surface area contributed by atoms with Crippen LogP contribution in [0.2, 0.25) is 5.02 Å². The molecule has 7 aromatic carbocycles. The number of aliphatic hydroxyl groups excluding tert-OH is 2. The third-order valence-electron chi connectivity index (χ3n) is 20.6. The second-order valence-corrected chi connectivity index (χ2v) is 26.1. The Morgan fingerprint density at radius 1 is 0.806 bits per heavy atom. The van der Waals surface area contributed by atoms with Crippen molar-refractivity contribution in [3.05, 3.63) is 239 Å². The molecule has 6 N–H and O–H groups in total. The molecular formula is C77H74ClFN7NaO11. The molecule has 0 spiro atoms. The number of carboxylic acid groups (broad SMARTS) is 1. The summed E-state index contributed by atoms with van der Waals surface area (Å²) in [6.07, 6.45) is 6.98. The number of amides is 1. The van der Waals surface area contributed by atoms with Crippen molar-refractivity contribution in [1.29, 1.82) is 0 Å². The Morgan fingerprint density at radius 3 is 2.09 bits per heavy atom. The Balaban J connectivity index is 0.000000142. The molecule has 4 heterocycles. The number of carboxylic acids is 1. The number of aliphatic carboxylic acids is 1. The van der Waals surface area contributed by atoms with Crippen LogP contribution < -0.4 is 43.9 Å². The first kappa shape index (κ1) is 70.1. The maximum atomic E-state index is 16.7. The normalized spacial score (nSPS) is 22.8. The van der Waals surface area contributed by atoms with Crippen LogP contribution in [-0.2, 0) is 27.3 Å². The van der Waals surface area contributed by atoms with Crippen molar-refractivity contribution in [3.8, 4) is 33.9 Å². The van der Waals surface area contributed by atoms with Gasteiger partial charge in [-0.1, -0.05) is 114 Å². The minimum absolute atomic E-state index is 0. The van der Waals surface area contributed by atoms with E-state index in [1.165, 1.54) is 23.1 Å². The number of rotatable bonds is 12. The van der Waals surface area contributed by atoms with E-state index >= 15 is 4.39 Å². The molecule has 4 aliphatic carbocycles. The summed E-state index contributed by atoms with van der Waals surface area (Å²) >= 11 is 5.90. The quantitative estimate of drug-likeness (QED) is 0.0622. The fraction of sp³-hybridized carbons (Fsp3) is 0.273. The summed E-state index contributed by atoms with van der Waals surface area (Å²) < 4.78 is 29.0. The van der Waals surface area contributed by atoms with Gasteiger partial charge in [-0.3, -0.25) is 28.5 Å². The molecule has 0 bridgehead atoms. The van der Waals surface area contributed by atoms with Crippen LogP contribution >= 0.6 is 11.6 Å². The molecule has 3 fully saturated rings. The van der Waals surface area contributed by atoms with Gasteiger partial charge >= 0.3 is 35.5 Å². The van der Waals surface area contributed by atoms with Gasteiger partial charge in [0, 0.05) is 73.1 Å². The number of fused-ring (bicyclic) bond motifs is 8. The fourth-order valence-electron chi connectivity index (χ4n) is 15.2. The maximum absolute atomic E-state index is 16.7. The Hall–Kier alpha value is -9.18. The van der Waals surface area contributed by atoms with E-state index in [9.17, 15) is 39.3 Å². The number of para-hydroxylation sites is 2. The third-order valence-corrected chi connectivity index (χ3v) is 20.9. The molecule has 1 unspecified atom stereocenters. The summed E-state index contributed by atoms with van der Waals surface area (Å²) in [5, 5.41) is 57.3. The largest absolute Gasteiger partial charge is 1.00 e. The van der Waals surface area contributed by atoms with E-state index in [1.54, 1.807) is 99.1 Å². The number of carbonyl (C=O) groups excluding carboxylic acids is 4. The molecule has 15 rings (SSSR count). The molecule has 1 aliphatic heterocycles. The smallest absolute Gasteiger partial charge is 1.00 e. The average molecular weight is 1350 g/mol. The van der Waals surface area contributed by atoms with Gasteiger partial charge < -0.3 is 41.2 Å². The first-order valence-corrected chi connectivity index (χ1v) is 32.4. The van der Waals surface area contributed by atoms with Crippen LogP contribution in [0, 0.1) is 22.7 Å². The molecule has 498 valence electrons. The van der Waals surface area contributed by atoms with Gasteiger partial charge in [0.05, 0.1) is 44.0 Å². The number of hydrogen-bond donors (Lipinski definition) is 6. The second-order valence-electron chi connectivity index (χ2n) is 25.7. The number of aliphatic hydroxyl groups is 3. The summed E-state index contributed by atoms with van der Waals surface area (Å²) in [4.78, 5) is 65.6. The Morgan fingerprint density at radius 2 is 1.45 bits per heavy atom. The van der Waals surface area contributed by atoms with Crippen molar-refractivity contribution in [2.45, 2.75) is 89.1 Å². The standard InChI is InChI=1S/C22H19NO2.C21H27FO5.C17H12ClN5O.C17H15NO3.Na.H/c1-24-17-11-7-15(8-12-17)21-19-5-3-4-6-20(19)23-22(21)16-9-13-18(25-2)14-10-16;1-18-7-5-13(24)9-12(18)3-4-15-14-6-8-20(27,17(26)11-23)19(14,2)10-16(25)21(15,18)22;18-13-7-5-11(6-8-13)17(24)23-10-12(9-16-19-21-22-20-16)14-3-1-2-4-15(14)23;1-11(17(20)21)12-6-8-14(9-7-12)18-10-13-4-2-3-5-15(13)16(18)19;;/h3-14,23H,1-2H3;5,7,9,14-16,23,25,27H,3-4,6,8,10-11H2,1-2H3;1-8,10H,9H2,(H,19,20,21,22);2-9,11H,10H2,1H3,(H,20,21);;/q;;;;+1;-1/t;14-,15-,16-,18-,19-,20-,21-;;;;/m.0..../s1. The molecule has 98 heavy (non-hydrogen) atoms. The number of allylic oxidation sites excluding steroid dienone is 4. The number of ether oxygens (including phenoxy) is 2. The van der Waals surface area contributed by atoms with Gasteiger partial charge in [-0.25, -0.2) is 4.39 Å². The average Bonchev–Trinajstić information content (AvgIpc) is 1.67. The molecule has 8 atom stereocenters. The fourth-order valence-corrected chi connectivity index (χ4v) is 15.4. The number of aromatic nitrogens is 6. The van der Waals surface area contributed by atoms with Crippen LogP contribution in [0.5, 0.6) is 11.5 Å². The van der Waals surface area contributed by atoms with E-state index in [-0.39, 0.29) is 67.3 Å². The summed E-state index contributed by atoms with van der Waals surface area (Å²) in [6.45, 7) is 4.92. The zero-order valence-corrected chi connectivity index (χ0v) is 57.8. The Kier molecular flexibility index (Phi) is 20.6. The SMILES string of the molecule is CC(C(=O)O)c1ccc(N2Cc3ccccc3C2=O)cc1.COc1ccc(-c2[nH]c3ccccc3c2-c2ccc(OC)cc2)cc1.C[C@]12C=CC(=O)C=C1CC[C@H]1[C@@H]3CC[C@](O)(C(=O)CO)[C@@]3(C)C[C@H](O)[C@@]12F.O=C(c1ccc(Cl)cc1)n1cc(Cc2nn[nH]n2)c2ccccc21.[H-].[Na+]. The second kappa shape index (κ2) is 28.7. The Bertz CT molecular complexity index is 4680. The molecule has 21 heteroatoms. The first-order valence-electron chi connectivity index (χ1n) is 32.1.